The Hall–Kier alpha value is -2.31. The lowest BCUT2D eigenvalue weighted by molar-refractivity contribution is 0.140. The molecule has 0 radical (unpaired) electrons. The Kier molecular flexibility index (Phi) is 4.34. The van der Waals surface area contributed by atoms with Crippen molar-refractivity contribution < 1.29 is 17.9 Å². The van der Waals surface area contributed by atoms with E-state index < -0.39 is 22.2 Å². The zero-order chi connectivity index (χ0) is 17.3. The fourth-order valence-corrected chi connectivity index (χ4v) is 4.07. The number of ether oxygens (including phenoxy) is 1. The normalized spacial score (nSPS) is 19.6. The van der Waals surface area contributed by atoms with Gasteiger partial charge in [-0.15, -0.1) is 0 Å². The lowest BCUT2D eigenvalue weighted by Gasteiger charge is -2.16. The molecule has 124 valence electrons. The van der Waals surface area contributed by atoms with Crippen LogP contribution in [0.5, 0.6) is 0 Å². The first-order chi connectivity index (χ1) is 11.4. The van der Waals surface area contributed by atoms with Gasteiger partial charge in [0.1, 0.15) is 0 Å². The van der Waals surface area contributed by atoms with E-state index in [0.29, 0.717) is 9.87 Å². The Morgan fingerprint density at radius 2 is 1.71 bits per heavy atom. The predicted molar refractivity (Wildman–Crippen MR) is 89.8 cm³/mol. The Bertz CT molecular complexity index is 892. The molecule has 1 aliphatic rings. The summed E-state index contributed by atoms with van der Waals surface area (Å²) in [5, 5.41) is 0. The van der Waals surface area contributed by atoms with Gasteiger partial charge in [0.25, 0.3) is 10.0 Å². The second kappa shape index (κ2) is 6.30. The second-order valence-corrected chi connectivity index (χ2v) is 7.30. The van der Waals surface area contributed by atoms with Gasteiger partial charge in [0, 0.05) is 5.54 Å². The topological polar surface area (TPSA) is 63.7 Å². The highest BCUT2D eigenvalue weighted by Gasteiger charge is 2.45. The van der Waals surface area contributed by atoms with E-state index in [9.17, 15) is 13.2 Å². The molecule has 2 aromatic rings. The van der Waals surface area contributed by atoms with Crippen LogP contribution in [0.25, 0.3) is 0 Å². The molecule has 1 unspecified atom stereocenters. The Balaban J connectivity index is 2.04. The molecule has 0 saturated carbocycles. The van der Waals surface area contributed by atoms with E-state index in [2.05, 4.69) is 0 Å². The SMILES string of the molecule is Cc1ccc(S(=O)(=O)N2C(=O)OC(c3ccccc3)/C2=C/Cl)cc1. The molecule has 0 spiro atoms. The number of carbonyl (C=O) groups is 1. The third-order valence-electron chi connectivity index (χ3n) is 3.66. The van der Waals surface area contributed by atoms with E-state index in [1.54, 1.807) is 36.4 Å². The number of rotatable bonds is 3. The summed E-state index contributed by atoms with van der Waals surface area (Å²) in [4.78, 5) is 12.2. The predicted octanol–water partition coefficient (Wildman–Crippen LogP) is 3.96. The Labute approximate surface area is 145 Å². The summed E-state index contributed by atoms with van der Waals surface area (Å²) >= 11 is 5.83. The van der Waals surface area contributed by atoms with Gasteiger partial charge >= 0.3 is 6.09 Å². The molecule has 0 bridgehead atoms. The van der Waals surface area contributed by atoms with Crippen LogP contribution in [0.1, 0.15) is 17.2 Å². The van der Waals surface area contributed by atoms with Crippen molar-refractivity contribution >= 4 is 27.7 Å². The number of cyclic esters (lactones) is 1. The summed E-state index contributed by atoms with van der Waals surface area (Å²) in [5.41, 5.74) is 2.68. The van der Waals surface area contributed by atoms with Gasteiger partial charge in [0.05, 0.1) is 10.6 Å². The number of carbonyl (C=O) groups excluding carboxylic acids is 1. The van der Waals surface area contributed by atoms with Gasteiger partial charge in [-0.05, 0) is 24.6 Å². The quantitative estimate of drug-likeness (QED) is 0.828. The first-order valence-corrected chi connectivity index (χ1v) is 9.00. The van der Waals surface area contributed by atoms with Crippen LogP contribution in [0.15, 0.2) is 70.7 Å². The van der Waals surface area contributed by atoms with E-state index in [-0.39, 0.29) is 10.6 Å². The zero-order valence-electron chi connectivity index (χ0n) is 12.7. The standard InChI is InChI=1S/C17H14ClNO4S/c1-12-7-9-14(10-8-12)24(21,22)19-15(11-18)16(23-17(19)20)13-5-3-2-4-6-13/h2-11,16H,1H3/b15-11-. The maximum absolute atomic E-state index is 12.8. The average Bonchev–Trinajstić information content (AvgIpc) is 2.93. The third kappa shape index (κ3) is 2.79. The summed E-state index contributed by atoms with van der Waals surface area (Å²) in [6.07, 6.45) is -1.84. The molecule has 24 heavy (non-hydrogen) atoms. The first-order valence-electron chi connectivity index (χ1n) is 7.13. The van der Waals surface area contributed by atoms with Gasteiger partial charge < -0.3 is 4.74 Å². The fraction of sp³-hybridized carbons (Fsp3) is 0.118. The van der Waals surface area contributed by atoms with E-state index in [1.807, 2.05) is 13.0 Å². The lowest BCUT2D eigenvalue weighted by Crippen LogP contribution is -2.30. The average molecular weight is 364 g/mol. The van der Waals surface area contributed by atoms with Crippen molar-refractivity contribution in [2.75, 3.05) is 0 Å². The number of hydrogen-bond acceptors (Lipinski definition) is 4. The number of hydrogen-bond donors (Lipinski definition) is 0. The van der Waals surface area contributed by atoms with Crippen molar-refractivity contribution in [1.29, 1.82) is 0 Å². The Morgan fingerprint density at radius 3 is 2.29 bits per heavy atom. The van der Waals surface area contributed by atoms with Gasteiger partial charge in [-0.1, -0.05) is 59.6 Å². The minimum atomic E-state index is -4.10. The molecule has 1 heterocycles. The molecule has 7 heteroatoms. The summed E-state index contributed by atoms with van der Waals surface area (Å²) in [7, 11) is -4.10. The maximum Gasteiger partial charge on any atom is 0.429 e. The largest absolute Gasteiger partial charge is 0.434 e. The summed E-state index contributed by atoms with van der Waals surface area (Å²) in [6, 6.07) is 15.0. The molecular weight excluding hydrogens is 350 g/mol. The molecule has 2 aromatic carbocycles. The van der Waals surface area contributed by atoms with Gasteiger partial charge in [-0.3, -0.25) is 0 Å². The van der Waals surface area contributed by atoms with Crippen LogP contribution in [-0.4, -0.2) is 18.8 Å². The smallest absolute Gasteiger partial charge is 0.429 e. The van der Waals surface area contributed by atoms with Crippen LogP contribution >= 0.6 is 11.6 Å². The molecule has 3 rings (SSSR count). The second-order valence-electron chi connectivity index (χ2n) is 5.29. The van der Waals surface area contributed by atoms with Gasteiger partial charge in [-0.2, -0.15) is 4.31 Å². The van der Waals surface area contributed by atoms with Crippen LogP contribution < -0.4 is 0 Å². The summed E-state index contributed by atoms with van der Waals surface area (Å²) < 4.78 is 31.5. The maximum atomic E-state index is 12.8. The van der Waals surface area contributed by atoms with Gasteiger partial charge in [0.2, 0.25) is 0 Å². The molecule has 0 aliphatic carbocycles. The highest BCUT2D eigenvalue weighted by molar-refractivity contribution is 7.89. The van der Waals surface area contributed by atoms with E-state index in [0.717, 1.165) is 11.1 Å². The number of aryl methyl sites for hydroxylation is 1. The minimum absolute atomic E-state index is 0.00483. The zero-order valence-corrected chi connectivity index (χ0v) is 14.3. The Morgan fingerprint density at radius 1 is 1.08 bits per heavy atom. The summed E-state index contributed by atoms with van der Waals surface area (Å²) in [5.74, 6) is 0. The fourth-order valence-electron chi connectivity index (χ4n) is 2.44. The number of sulfonamides is 1. The van der Waals surface area contributed by atoms with Crippen LogP contribution in [0.2, 0.25) is 0 Å². The van der Waals surface area contributed by atoms with E-state index in [4.69, 9.17) is 16.3 Å². The van der Waals surface area contributed by atoms with Gasteiger partial charge in [-0.25, -0.2) is 13.2 Å². The van der Waals surface area contributed by atoms with Crippen LogP contribution in [-0.2, 0) is 14.8 Å². The van der Waals surface area contributed by atoms with Crippen LogP contribution in [0, 0.1) is 6.92 Å². The highest BCUT2D eigenvalue weighted by Crippen LogP contribution is 2.39. The van der Waals surface area contributed by atoms with Crippen molar-refractivity contribution in [2.45, 2.75) is 17.9 Å². The van der Waals surface area contributed by atoms with E-state index in [1.165, 1.54) is 12.1 Å². The molecule has 0 aromatic heterocycles. The van der Waals surface area contributed by atoms with Crippen molar-refractivity contribution in [2.24, 2.45) is 0 Å². The first kappa shape index (κ1) is 16.5. The molecule has 1 amide bonds. The van der Waals surface area contributed by atoms with Crippen molar-refractivity contribution in [3.8, 4) is 0 Å². The molecule has 5 nitrogen and oxygen atoms in total. The molecular formula is C17H14ClNO4S. The monoisotopic (exact) mass is 363 g/mol. The number of benzene rings is 2. The number of amides is 1. The molecule has 1 aliphatic heterocycles. The molecule has 0 N–H and O–H groups in total. The van der Waals surface area contributed by atoms with Crippen molar-refractivity contribution in [1.82, 2.24) is 4.31 Å². The summed E-state index contributed by atoms with van der Waals surface area (Å²) in [6.45, 7) is 1.84. The number of nitrogens with zero attached hydrogens (tertiary/aromatic N) is 1. The molecule has 1 atom stereocenters. The van der Waals surface area contributed by atoms with Crippen molar-refractivity contribution in [3.05, 3.63) is 77.0 Å². The highest BCUT2D eigenvalue weighted by atomic mass is 35.5. The van der Waals surface area contributed by atoms with Crippen LogP contribution in [0.3, 0.4) is 0 Å². The van der Waals surface area contributed by atoms with Crippen LogP contribution in [0.4, 0.5) is 4.79 Å². The lowest BCUT2D eigenvalue weighted by atomic mass is 10.1. The van der Waals surface area contributed by atoms with E-state index >= 15 is 0 Å². The third-order valence-corrected chi connectivity index (χ3v) is 5.59. The molecule has 1 saturated heterocycles. The molecule has 1 fully saturated rings. The van der Waals surface area contributed by atoms with Gasteiger partial charge in [0.15, 0.2) is 6.10 Å². The minimum Gasteiger partial charge on any atom is -0.434 e. The number of halogens is 1. The van der Waals surface area contributed by atoms with Crippen molar-refractivity contribution in [3.63, 3.8) is 0 Å².